The van der Waals surface area contributed by atoms with Crippen LogP contribution in [0.4, 0.5) is 4.39 Å². The molecule has 1 amide bonds. The maximum atomic E-state index is 13.5. The zero-order chi connectivity index (χ0) is 18.1. The molecule has 0 aromatic heterocycles. The molecule has 1 atom stereocenters. The lowest BCUT2D eigenvalue weighted by molar-refractivity contribution is -0.120. The van der Waals surface area contributed by atoms with E-state index in [2.05, 4.69) is 5.32 Å². The van der Waals surface area contributed by atoms with Gasteiger partial charge in [0.15, 0.2) is 0 Å². The predicted octanol–water partition coefficient (Wildman–Crippen LogP) is 1.77. The minimum absolute atomic E-state index is 0.184. The zero-order valence-corrected chi connectivity index (χ0v) is 14.0. The molecule has 1 unspecified atom stereocenters. The molecule has 0 bridgehead atoms. The van der Waals surface area contributed by atoms with Crippen molar-refractivity contribution in [2.24, 2.45) is 5.73 Å². The molecule has 0 saturated heterocycles. The second kappa shape index (κ2) is 9.76. The van der Waals surface area contributed by atoms with E-state index in [-0.39, 0.29) is 12.4 Å². The van der Waals surface area contributed by atoms with Crippen molar-refractivity contribution >= 4 is 5.91 Å². The number of ether oxygens (including phenoxy) is 1. The summed E-state index contributed by atoms with van der Waals surface area (Å²) in [5.41, 5.74) is 6.79. The SMILES string of the molecule is NC(=O)C(CO)NCc1ccc(OCCCc2ccccc2F)cc1. The van der Waals surface area contributed by atoms with E-state index < -0.39 is 11.9 Å². The van der Waals surface area contributed by atoms with E-state index in [0.29, 0.717) is 25.1 Å². The first kappa shape index (κ1) is 18.9. The molecule has 0 aliphatic carbocycles. The highest BCUT2D eigenvalue weighted by Crippen LogP contribution is 2.14. The van der Waals surface area contributed by atoms with Gasteiger partial charge in [-0.25, -0.2) is 4.39 Å². The van der Waals surface area contributed by atoms with Crippen LogP contribution in [0.25, 0.3) is 0 Å². The number of aryl methyl sites for hydroxylation is 1. The fraction of sp³-hybridized carbons (Fsp3) is 0.316. The van der Waals surface area contributed by atoms with E-state index in [1.54, 1.807) is 12.1 Å². The number of hydrogen-bond acceptors (Lipinski definition) is 4. The Bertz CT molecular complexity index is 677. The zero-order valence-electron chi connectivity index (χ0n) is 14.0. The minimum atomic E-state index is -0.755. The molecular formula is C19H23FN2O3. The molecule has 6 heteroatoms. The number of nitrogens with one attached hydrogen (secondary N) is 1. The Balaban J connectivity index is 1.73. The number of rotatable bonds is 10. The van der Waals surface area contributed by atoms with Gasteiger partial charge in [0, 0.05) is 6.54 Å². The summed E-state index contributed by atoms with van der Waals surface area (Å²) in [5, 5.41) is 11.9. The van der Waals surface area contributed by atoms with E-state index in [9.17, 15) is 9.18 Å². The average molecular weight is 346 g/mol. The molecule has 4 N–H and O–H groups in total. The van der Waals surface area contributed by atoms with Crippen molar-refractivity contribution < 1.29 is 19.0 Å². The number of nitrogens with two attached hydrogens (primary N) is 1. The minimum Gasteiger partial charge on any atom is -0.494 e. The van der Waals surface area contributed by atoms with E-state index in [1.807, 2.05) is 30.3 Å². The number of hydrogen-bond donors (Lipinski definition) is 3. The van der Waals surface area contributed by atoms with Crippen LogP contribution in [-0.2, 0) is 17.8 Å². The van der Waals surface area contributed by atoms with E-state index in [1.165, 1.54) is 6.07 Å². The number of amides is 1. The van der Waals surface area contributed by atoms with Crippen LogP contribution in [0.5, 0.6) is 5.75 Å². The molecule has 2 rings (SSSR count). The van der Waals surface area contributed by atoms with Crippen LogP contribution < -0.4 is 15.8 Å². The van der Waals surface area contributed by atoms with Gasteiger partial charge in [0.05, 0.1) is 13.2 Å². The van der Waals surface area contributed by atoms with Gasteiger partial charge in [0.1, 0.15) is 17.6 Å². The fourth-order valence-corrected chi connectivity index (χ4v) is 2.35. The highest BCUT2D eigenvalue weighted by atomic mass is 19.1. The summed E-state index contributed by atoms with van der Waals surface area (Å²) < 4.78 is 19.1. The standard InChI is InChI=1S/C19H23FN2O3/c20-17-6-2-1-4-15(17)5-3-11-25-16-9-7-14(8-10-16)12-22-18(13-23)19(21)24/h1-2,4,6-10,18,22-23H,3,5,11-13H2,(H2,21,24). The normalized spacial score (nSPS) is 11.9. The Hall–Kier alpha value is -2.44. The Morgan fingerprint density at radius 3 is 2.56 bits per heavy atom. The number of aliphatic hydroxyl groups excluding tert-OH is 1. The first-order valence-corrected chi connectivity index (χ1v) is 8.19. The maximum absolute atomic E-state index is 13.5. The Morgan fingerprint density at radius 1 is 1.20 bits per heavy atom. The third-order valence-corrected chi connectivity index (χ3v) is 3.82. The number of halogens is 1. The van der Waals surface area contributed by atoms with E-state index >= 15 is 0 Å². The van der Waals surface area contributed by atoms with Crippen molar-refractivity contribution in [3.05, 3.63) is 65.5 Å². The number of carbonyl (C=O) groups is 1. The van der Waals surface area contributed by atoms with Gasteiger partial charge in [0.25, 0.3) is 0 Å². The van der Waals surface area contributed by atoms with Gasteiger partial charge in [-0.15, -0.1) is 0 Å². The first-order chi connectivity index (χ1) is 12.1. The summed E-state index contributed by atoms with van der Waals surface area (Å²) in [7, 11) is 0. The molecule has 2 aromatic rings. The van der Waals surface area contributed by atoms with E-state index in [4.69, 9.17) is 15.6 Å². The van der Waals surface area contributed by atoms with Crippen molar-refractivity contribution in [1.82, 2.24) is 5.32 Å². The summed E-state index contributed by atoms with van der Waals surface area (Å²) in [6.45, 7) is 0.584. The lowest BCUT2D eigenvalue weighted by Crippen LogP contribution is -2.43. The Kier molecular flexibility index (Phi) is 7.37. The molecule has 2 aromatic carbocycles. The molecule has 0 aliphatic heterocycles. The maximum Gasteiger partial charge on any atom is 0.236 e. The summed E-state index contributed by atoms with van der Waals surface area (Å²) in [5.74, 6) is -0.0419. The topological polar surface area (TPSA) is 84.6 Å². The number of primary amides is 1. The Labute approximate surface area is 146 Å². The molecule has 25 heavy (non-hydrogen) atoms. The van der Waals surface area contributed by atoms with Crippen LogP contribution in [0.2, 0.25) is 0 Å². The van der Waals surface area contributed by atoms with Gasteiger partial charge in [-0.3, -0.25) is 10.1 Å². The molecule has 0 spiro atoms. The van der Waals surface area contributed by atoms with Crippen molar-refractivity contribution in [3.8, 4) is 5.75 Å². The highest BCUT2D eigenvalue weighted by Gasteiger charge is 2.12. The van der Waals surface area contributed by atoms with Crippen molar-refractivity contribution in [2.75, 3.05) is 13.2 Å². The number of aliphatic hydroxyl groups is 1. The summed E-state index contributed by atoms with van der Waals surface area (Å²) in [4.78, 5) is 11.0. The lowest BCUT2D eigenvalue weighted by atomic mass is 10.1. The fourth-order valence-electron chi connectivity index (χ4n) is 2.35. The van der Waals surface area contributed by atoms with Gasteiger partial charge >= 0.3 is 0 Å². The molecule has 0 saturated carbocycles. The number of benzene rings is 2. The van der Waals surface area contributed by atoms with Crippen LogP contribution in [0, 0.1) is 5.82 Å². The molecule has 0 aliphatic rings. The molecule has 5 nitrogen and oxygen atoms in total. The average Bonchev–Trinajstić information content (AvgIpc) is 2.61. The lowest BCUT2D eigenvalue weighted by Gasteiger charge is -2.13. The summed E-state index contributed by atoms with van der Waals surface area (Å²) in [6, 6.07) is 13.4. The van der Waals surface area contributed by atoms with Crippen LogP contribution >= 0.6 is 0 Å². The predicted molar refractivity (Wildman–Crippen MR) is 93.6 cm³/mol. The van der Waals surface area contributed by atoms with Crippen molar-refractivity contribution in [1.29, 1.82) is 0 Å². The molecule has 0 heterocycles. The van der Waals surface area contributed by atoms with Crippen LogP contribution in [-0.4, -0.2) is 30.3 Å². The van der Waals surface area contributed by atoms with Crippen LogP contribution in [0.3, 0.4) is 0 Å². The summed E-state index contributed by atoms with van der Waals surface area (Å²) >= 11 is 0. The quantitative estimate of drug-likeness (QED) is 0.573. The molecule has 134 valence electrons. The second-order valence-electron chi connectivity index (χ2n) is 5.71. The monoisotopic (exact) mass is 346 g/mol. The van der Waals surface area contributed by atoms with E-state index in [0.717, 1.165) is 17.7 Å². The van der Waals surface area contributed by atoms with Gasteiger partial charge in [0.2, 0.25) is 5.91 Å². The first-order valence-electron chi connectivity index (χ1n) is 8.19. The summed E-state index contributed by atoms with van der Waals surface area (Å²) in [6.07, 6.45) is 1.35. The van der Waals surface area contributed by atoms with Gasteiger partial charge in [-0.05, 0) is 42.2 Å². The van der Waals surface area contributed by atoms with Crippen LogP contribution in [0.1, 0.15) is 17.5 Å². The molecule has 0 radical (unpaired) electrons. The van der Waals surface area contributed by atoms with Gasteiger partial charge in [-0.2, -0.15) is 0 Å². The third-order valence-electron chi connectivity index (χ3n) is 3.82. The van der Waals surface area contributed by atoms with Crippen molar-refractivity contribution in [2.45, 2.75) is 25.4 Å². The molecular weight excluding hydrogens is 323 g/mol. The second-order valence-corrected chi connectivity index (χ2v) is 5.71. The Morgan fingerprint density at radius 2 is 1.92 bits per heavy atom. The number of carbonyl (C=O) groups excluding carboxylic acids is 1. The van der Waals surface area contributed by atoms with Gasteiger partial charge < -0.3 is 15.6 Å². The molecule has 0 fully saturated rings. The van der Waals surface area contributed by atoms with Crippen molar-refractivity contribution in [3.63, 3.8) is 0 Å². The third kappa shape index (κ3) is 6.17. The van der Waals surface area contributed by atoms with Crippen LogP contribution in [0.15, 0.2) is 48.5 Å². The highest BCUT2D eigenvalue weighted by molar-refractivity contribution is 5.79. The largest absolute Gasteiger partial charge is 0.494 e. The smallest absolute Gasteiger partial charge is 0.236 e. The van der Waals surface area contributed by atoms with Gasteiger partial charge in [-0.1, -0.05) is 30.3 Å².